The molecule has 18 heavy (non-hydrogen) atoms. The largest absolute Gasteiger partial charge is 0.394 e. The zero-order chi connectivity index (χ0) is 12.9. The summed E-state index contributed by atoms with van der Waals surface area (Å²) in [6.45, 7) is 3.79. The lowest BCUT2D eigenvalue weighted by Crippen LogP contribution is -2.55. The highest BCUT2D eigenvalue weighted by atomic mass is 16.3. The molecule has 2 N–H and O–H groups in total. The fourth-order valence-corrected chi connectivity index (χ4v) is 4.81. The Morgan fingerprint density at radius 1 is 1.11 bits per heavy atom. The van der Waals surface area contributed by atoms with Crippen LogP contribution >= 0.6 is 0 Å². The average molecular weight is 251 g/mol. The first-order chi connectivity index (χ1) is 8.48. The van der Waals surface area contributed by atoms with Gasteiger partial charge in [-0.2, -0.15) is 0 Å². The van der Waals surface area contributed by atoms with Crippen molar-refractivity contribution in [2.45, 2.75) is 51.5 Å². The second-order valence-electron chi connectivity index (χ2n) is 7.49. The van der Waals surface area contributed by atoms with E-state index >= 15 is 0 Å². The molecule has 1 amide bonds. The first kappa shape index (κ1) is 12.5. The van der Waals surface area contributed by atoms with E-state index in [0.29, 0.717) is 11.8 Å². The monoisotopic (exact) mass is 251 g/mol. The van der Waals surface area contributed by atoms with Crippen LogP contribution in [0.2, 0.25) is 0 Å². The molecule has 0 unspecified atom stereocenters. The van der Waals surface area contributed by atoms with Gasteiger partial charge in [-0.05, 0) is 69.6 Å². The van der Waals surface area contributed by atoms with Gasteiger partial charge in [-0.15, -0.1) is 0 Å². The molecule has 3 heteroatoms. The summed E-state index contributed by atoms with van der Waals surface area (Å²) in [4.78, 5) is 12.5. The molecule has 4 fully saturated rings. The van der Waals surface area contributed by atoms with Gasteiger partial charge in [-0.3, -0.25) is 4.79 Å². The Balaban J connectivity index is 1.71. The van der Waals surface area contributed by atoms with Crippen LogP contribution in [0.3, 0.4) is 0 Å². The molecule has 102 valence electrons. The van der Waals surface area contributed by atoms with Gasteiger partial charge in [0.1, 0.15) is 0 Å². The van der Waals surface area contributed by atoms with Crippen LogP contribution in [0.5, 0.6) is 0 Å². The van der Waals surface area contributed by atoms with Crippen LogP contribution in [-0.4, -0.2) is 23.2 Å². The molecule has 0 spiro atoms. The van der Waals surface area contributed by atoms with Crippen molar-refractivity contribution in [2.75, 3.05) is 6.61 Å². The third kappa shape index (κ3) is 2.07. The van der Waals surface area contributed by atoms with Gasteiger partial charge in [0, 0.05) is 5.92 Å². The molecule has 4 rings (SSSR count). The quantitative estimate of drug-likeness (QED) is 0.805. The minimum Gasteiger partial charge on any atom is -0.394 e. The number of aliphatic hydroxyl groups is 1. The Hall–Kier alpha value is -0.570. The van der Waals surface area contributed by atoms with E-state index in [1.54, 1.807) is 0 Å². The standard InChI is InChI=1S/C15H25NO2/c1-15(2,8-17)16-14(18)13-11-4-9-3-10(6-11)7-12(13)5-9/h9-13,17H,3-8H2,1-2H3,(H,16,18). The van der Waals surface area contributed by atoms with Gasteiger partial charge in [-0.1, -0.05) is 0 Å². The van der Waals surface area contributed by atoms with Crippen molar-refractivity contribution in [2.24, 2.45) is 29.6 Å². The lowest BCUT2D eigenvalue weighted by molar-refractivity contribution is -0.140. The maximum Gasteiger partial charge on any atom is 0.224 e. The molecule has 4 aliphatic rings. The van der Waals surface area contributed by atoms with Crippen molar-refractivity contribution >= 4 is 5.91 Å². The normalized spacial score (nSPS) is 42.1. The minimum absolute atomic E-state index is 0.00600. The molecule has 0 aliphatic heterocycles. The van der Waals surface area contributed by atoms with Gasteiger partial charge in [0.15, 0.2) is 0 Å². The lowest BCUT2D eigenvalue weighted by Gasteiger charge is -2.54. The number of hydrogen-bond acceptors (Lipinski definition) is 2. The lowest BCUT2D eigenvalue weighted by atomic mass is 9.51. The Morgan fingerprint density at radius 2 is 1.61 bits per heavy atom. The maximum absolute atomic E-state index is 12.5. The van der Waals surface area contributed by atoms with Crippen molar-refractivity contribution in [3.05, 3.63) is 0 Å². The molecule has 4 aliphatic carbocycles. The summed E-state index contributed by atoms with van der Waals surface area (Å²) < 4.78 is 0. The van der Waals surface area contributed by atoms with Crippen LogP contribution in [0.1, 0.15) is 46.0 Å². The second-order valence-corrected chi connectivity index (χ2v) is 7.49. The van der Waals surface area contributed by atoms with E-state index in [0.717, 1.165) is 11.8 Å². The fraction of sp³-hybridized carbons (Fsp3) is 0.933. The summed E-state index contributed by atoms with van der Waals surface area (Å²) in [5.74, 6) is 3.47. The van der Waals surface area contributed by atoms with Gasteiger partial charge in [0.05, 0.1) is 12.1 Å². The summed E-state index contributed by atoms with van der Waals surface area (Å²) in [6, 6.07) is 0. The summed E-state index contributed by atoms with van der Waals surface area (Å²) >= 11 is 0. The molecule has 0 aromatic rings. The number of nitrogens with one attached hydrogen (secondary N) is 1. The maximum atomic E-state index is 12.5. The highest BCUT2D eigenvalue weighted by Gasteiger charge is 2.51. The van der Waals surface area contributed by atoms with E-state index in [9.17, 15) is 9.90 Å². The van der Waals surface area contributed by atoms with Crippen LogP contribution in [0.25, 0.3) is 0 Å². The van der Waals surface area contributed by atoms with Crippen molar-refractivity contribution in [1.29, 1.82) is 0 Å². The Labute approximate surface area is 109 Å². The highest BCUT2D eigenvalue weighted by Crippen LogP contribution is 2.56. The van der Waals surface area contributed by atoms with Gasteiger partial charge >= 0.3 is 0 Å². The van der Waals surface area contributed by atoms with Crippen LogP contribution < -0.4 is 5.32 Å². The van der Waals surface area contributed by atoms with Crippen LogP contribution in [0, 0.1) is 29.6 Å². The van der Waals surface area contributed by atoms with Gasteiger partial charge in [0.2, 0.25) is 5.91 Å². The van der Waals surface area contributed by atoms with Gasteiger partial charge < -0.3 is 10.4 Å². The van der Waals surface area contributed by atoms with Gasteiger partial charge in [0.25, 0.3) is 0 Å². The molecule has 0 aromatic carbocycles. The molecule has 0 aromatic heterocycles. The summed E-state index contributed by atoms with van der Waals surface area (Å²) in [7, 11) is 0. The van der Waals surface area contributed by atoms with Crippen LogP contribution in [0.15, 0.2) is 0 Å². The summed E-state index contributed by atoms with van der Waals surface area (Å²) in [5.41, 5.74) is -0.480. The van der Waals surface area contributed by atoms with Crippen LogP contribution in [0.4, 0.5) is 0 Å². The van der Waals surface area contributed by atoms with Crippen LogP contribution in [-0.2, 0) is 4.79 Å². The predicted octanol–water partition coefficient (Wildman–Crippen LogP) is 1.95. The number of carbonyl (C=O) groups excluding carboxylic acids is 1. The first-order valence-corrected chi connectivity index (χ1v) is 7.41. The van der Waals surface area contributed by atoms with E-state index in [1.807, 2.05) is 13.8 Å². The molecule has 0 saturated heterocycles. The molecule has 3 nitrogen and oxygen atoms in total. The number of rotatable bonds is 3. The number of aliphatic hydroxyl groups excluding tert-OH is 1. The fourth-order valence-electron chi connectivity index (χ4n) is 4.81. The molecule has 0 atom stereocenters. The minimum atomic E-state index is -0.480. The van der Waals surface area contributed by atoms with Crippen molar-refractivity contribution in [1.82, 2.24) is 5.32 Å². The SMILES string of the molecule is CC(C)(CO)NC(=O)C1C2CC3CC(C2)CC1C3. The Bertz CT molecular complexity index is 322. The number of carbonyl (C=O) groups is 1. The Morgan fingerprint density at radius 3 is 2.06 bits per heavy atom. The molecule has 4 bridgehead atoms. The van der Waals surface area contributed by atoms with Crippen molar-refractivity contribution in [3.8, 4) is 0 Å². The zero-order valence-electron chi connectivity index (χ0n) is 11.5. The predicted molar refractivity (Wildman–Crippen MR) is 69.8 cm³/mol. The highest BCUT2D eigenvalue weighted by molar-refractivity contribution is 5.80. The summed E-state index contributed by atoms with van der Waals surface area (Å²) in [6.07, 6.45) is 6.49. The van der Waals surface area contributed by atoms with E-state index < -0.39 is 5.54 Å². The van der Waals surface area contributed by atoms with E-state index in [4.69, 9.17) is 0 Å². The molecule has 4 saturated carbocycles. The Kier molecular flexibility index (Phi) is 2.92. The second kappa shape index (κ2) is 4.22. The van der Waals surface area contributed by atoms with E-state index in [1.165, 1.54) is 32.1 Å². The average Bonchev–Trinajstić information content (AvgIpc) is 2.26. The third-order valence-corrected chi connectivity index (χ3v) is 5.39. The number of amides is 1. The molecular formula is C15H25NO2. The molecule has 0 radical (unpaired) electrons. The van der Waals surface area contributed by atoms with E-state index in [-0.39, 0.29) is 18.4 Å². The topological polar surface area (TPSA) is 49.3 Å². The zero-order valence-corrected chi connectivity index (χ0v) is 11.5. The van der Waals surface area contributed by atoms with E-state index in [2.05, 4.69) is 5.32 Å². The first-order valence-electron chi connectivity index (χ1n) is 7.41. The smallest absolute Gasteiger partial charge is 0.224 e. The van der Waals surface area contributed by atoms with Gasteiger partial charge in [-0.25, -0.2) is 0 Å². The molecule has 0 heterocycles. The molecular weight excluding hydrogens is 226 g/mol. The number of hydrogen-bond donors (Lipinski definition) is 2. The summed E-state index contributed by atoms with van der Waals surface area (Å²) in [5, 5.41) is 12.3. The van der Waals surface area contributed by atoms with Crippen molar-refractivity contribution < 1.29 is 9.90 Å². The van der Waals surface area contributed by atoms with Crippen molar-refractivity contribution in [3.63, 3.8) is 0 Å². The third-order valence-electron chi connectivity index (χ3n) is 5.39.